The molecule has 2 aromatic carbocycles. The van der Waals surface area contributed by atoms with Gasteiger partial charge in [0.05, 0.1) is 16.3 Å². The number of aryl methyl sites for hydroxylation is 1. The Balaban J connectivity index is 1.21. The number of carbonyl (C=O) groups is 1. The molecule has 1 aliphatic heterocycles. The summed E-state index contributed by atoms with van der Waals surface area (Å²) in [4.78, 5) is 12.5. The van der Waals surface area contributed by atoms with E-state index in [1.807, 2.05) is 47.3 Å². The van der Waals surface area contributed by atoms with Crippen LogP contribution in [-0.2, 0) is 27.7 Å². The summed E-state index contributed by atoms with van der Waals surface area (Å²) in [5.41, 5.74) is 2.87. The molecule has 1 aromatic heterocycles. The van der Waals surface area contributed by atoms with Gasteiger partial charge in [0, 0.05) is 38.7 Å². The van der Waals surface area contributed by atoms with E-state index in [1.165, 1.54) is 0 Å². The summed E-state index contributed by atoms with van der Waals surface area (Å²) in [5, 5.41) is 7.47. The topological polar surface area (TPSA) is 84.3 Å². The second kappa shape index (κ2) is 10.1. The molecule has 0 unspecified atom stereocenters. The number of hydrogen-bond donors (Lipinski definition) is 1. The van der Waals surface area contributed by atoms with Crippen molar-refractivity contribution in [3.05, 3.63) is 78.1 Å². The van der Waals surface area contributed by atoms with E-state index in [1.54, 1.807) is 28.6 Å². The smallest absolute Gasteiger partial charge is 0.243 e. The third kappa shape index (κ3) is 5.44. The maximum atomic E-state index is 12.6. The van der Waals surface area contributed by atoms with Crippen LogP contribution in [0.2, 0.25) is 0 Å². The molecule has 4 rings (SSSR count). The highest BCUT2D eigenvalue weighted by Gasteiger charge is 2.26. The molecule has 2 heterocycles. The van der Waals surface area contributed by atoms with Crippen LogP contribution in [0.4, 0.5) is 0 Å². The normalized spacial score (nSPS) is 14.5. The van der Waals surface area contributed by atoms with Gasteiger partial charge in [-0.25, -0.2) is 13.1 Å². The zero-order chi connectivity index (χ0) is 22.4. The quantitative estimate of drug-likeness (QED) is 0.541. The molecular weight excluding hydrogens is 424 g/mol. The molecule has 0 saturated carbocycles. The summed E-state index contributed by atoms with van der Waals surface area (Å²) in [5.74, 6) is -0.0266. The van der Waals surface area contributed by atoms with Crippen molar-refractivity contribution in [1.82, 2.24) is 19.4 Å². The molecule has 0 bridgehead atoms. The summed E-state index contributed by atoms with van der Waals surface area (Å²) in [7, 11) is -3.39. The summed E-state index contributed by atoms with van der Waals surface area (Å²) >= 11 is 0. The molecule has 32 heavy (non-hydrogen) atoms. The first-order chi connectivity index (χ1) is 15.5. The Labute approximate surface area is 189 Å². The molecule has 0 radical (unpaired) electrons. The monoisotopic (exact) mass is 452 g/mol. The SMILES string of the molecule is O=C(CCc1ccc(S(=O)(=O)N2CCCC2)cc1)NCCc1ccn(-c2ccccc2)n1. The molecular formula is C24H28N4O3S. The summed E-state index contributed by atoms with van der Waals surface area (Å²) in [6.45, 7) is 1.71. The maximum Gasteiger partial charge on any atom is 0.243 e. The third-order valence-corrected chi connectivity index (χ3v) is 7.55. The molecule has 1 N–H and O–H groups in total. The Bertz CT molecular complexity index is 1140. The molecule has 1 saturated heterocycles. The Morgan fingerprint density at radius 3 is 2.38 bits per heavy atom. The number of aromatic nitrogens is 2. The van der Waals surface area contributed by atoms with E-state index in [9.17, 15) is 13.2 Å². The first kappa shape index (κ1) is 22.2. The van der Waals surface area contributed by atoms with Gasteiger partial charge in [0.15, 0.2) is 0 Å². The molecule has 3 aromatic rings. The molecule has 8 heteroatoms. The van der Waals surface area contributed by atoms with Crippen LogP contribution in [0, 0.1) is 0 Å². The predicted octanol–water partition coefficient (Wildman–Crippen LogP) is 2.95. The minimum absolute atomic E-state index is 0.0266. The Morgan fingerprint density at radius 2 is 1.66 bits per heavy atom. The average molecular weight is 453 g/mol. The first-order valence-electron chi connectivity index (χ1n) is 11.0. The first-order valence-corrected chi connectivity index (χ1v) is 12.4. The van der Waals surface area contributed by atoms with Crippen LogP contribution in [0.25, 0.3) is 5.69 Å². The van der Waals surface area contributed by atoms with E-state index in [4.69, 9.17) is 0 Å². The minimum Gasteiger partial charge on any atom is -0.356 e. The zero-order valence-corrected chi connectivity index (χ0v) is 18.8. The van der Waals surface area contributed by atoms with Crippen molar-refractivity contribution in [2.24, 2.45) is 0 Å². The van der Waals surface area contributed by atoms with Crippen molar-refractivity contribution < 1.29 is 13.2 Å². The number of nitrogens with zero attached hydrogens (tertiary/aromatic N) is 3. The second-order valence-corrected chi connectivity index (χ2v) is 9.88. The van der Waals surface area contributed by atoms with Crippen molar-refractivity contribution in [2.75, 3.05) is 19.6 Å². The van der Waals surface area contributed by atoms with Crippen molar-refractivity contribution in [3.63, 3.8) is 0 Å². The molecule has 1 aliphatic rings. The predicted molar refractivity (Wildman–Crippen MR) is 123 cm³/mol. The van der Waals surface area contributed by atoms with Gasteiger partial charge in [-0.1, -0.05) is 30.3 Å². The number of carbonyl (C=O) groups excluding carboxylic acids is 1. The number of amides is 1. The van der Waals surface area contributed by atoms with Gasteiger partial charge in [0.25, 0.3) is 0 Å². The fraction of sp³-hybridized carbons (Fsp3) is 0.333. The Kier molecular flexibility index (Phi) is 7.02. The molecule has 7 nitrogen and oxygen atoms in total. The van der Waals surface area contributed by atoms with E-state index in [0.29, 0.717) is 43.8 Å². The van der Waals surface area contributed by atoms with E-state index in [-0.39, 0.29) is 5.91 Å². The third-order valence-electron chi connectivity index (χ3n) is 5.64. The zero-order valence-electron chi connectivity index (χ0n) is 18.0. The van der Waals surface area contributed by atoms with Crippen LogP contribution in [0.3, 0.4) is 0 Å². The van der Waals surface area contributed by atoms with Gasteiger partial charge in [0.1, 0.15) is 0 Å². The molecule has 1 fully saturated rings. The van der Waals surface area contributed by atoms with Crippen molar-refractivity contribution in [1.29, 1.82) is 0 Å². The fourth-order valence-corrected chi connectivity index (χ4v) is 5.32. The van der Waals surface area contributed by atoms with Gasteiger partial charge < -0.3 is 5.32 Å². The number of para-hydroxylation sites is 1. The number of nitrogens with one attached hydrogen (secondary N) is 1. The number of sulfonamides is 1. The maximum absolute atomic E-state index is 12.6. The highest BCUT2D eigenvalue weighted by atomic mass is 32.2. The van der Waals surface area contributed by atoms with Crippen molar-refractivity contribution in [3.8, 4) is 5.69 Å². The van der Waals surface area contributed by atoms with Gasteiger partial charge in [-0.15, -0.1) is 0 Å². The van der Waals surface area contributed by atoms with Crippen molar-refractivity contribution in [2.45, 2.75) is 37.0 Å². The van der Waals surface area contributed by atoms with Gasteiger partial charge >= 0.3 is 0 Å². The van der Waals surface area contributed by atoms with Gasteiger partial charge in [0.2, 0.25) is 15.9 Å². The summed E-state index contributed by atoms with van der Waals surface area (Å²) in [6.07, 6.45) is 5.34. The van der Waals surface area contributed by atoms with Crippen LogP contribution < -0.4 is 5.32 Å². The molecule has 0 aliphatic carbocycles. The molecule has 0 atom stereocenters. The Morgan fingerprint density at radius 1 is 0.938 bits per heavy atom. The lowest BCUT2D eigenvalue weighted by Gasteiger charge is -2.15. The highest BCUT2D eigenvalue weighted by molar-refractivity contribution is 7.89. The van der Waals surface area contributed by atoms with Crippen LogP contribution in [0.1, 0.15) is 30.5 Å². The van der Waals surface area contributed by atoms with Gasteiger partial charge in [-0.05, 0) is 55.2 Å². The van der Waals surface area contributed by atoms with Crippen LogP contribution >= 0.6 is 0 Å². The molecule has 168 valence electrons. The Hall–Kier alpha value is -2.97. The van der Waals surface area contributed by atoms with E-state index >= 15 is 0 Å². The highest BCUT2D eigenvalue weighted by Crippen LogP contribution is 2.21. The van der Waals surface area contributed by atoms with Crippen molar-refractivity contribution >= 4 is 15.9 Å². The fourth-order valence-electron chi connectivity index (χ4n) is 3.80. The lowest BCUT2D eigenvalue weighted by Crippen LogP contribution is -2.27. The standard InChI is InChI=1S/C24H28N4O3S/c29-24(25-16-14-21-15-19-28(26-21)22-6-2-1-3-7-22)13-10-20-8-11-23(12-9-20)32(30,31)27-17-4-5-18-27/h1-3,6-9,11-12,15,19H,4-5,10,13-14,16-18H2,(H,25,29). The largest absolute Gasteiger partial charge is 0.356 e. The summed E-state index contributed by atoms with van der Waals surface area (Å²) in [6, 6.07) is 18.7. The number of rotatable bonds is 9. The van der Waals surface area contributed by atoms with Crippen LogP contribution in [-0.4, -0.2) is 48.0 Å². The van der Waals surface area contributed by atoms with E-state index in [2.05, 4.69) is 10.4 Å². The second-order valence-electron chi connectivity index (χ2n) is 7.94. The van der Waals surface area contributed by atoms with E-state index < -0.39 is 10.0 Å². The average Bonchev–Trinajstić information content (AvgIpc) is 3.52. The molecule has 1 amide bonds. The number of benzene rings is 2. The summed E-state index contributed by atoms with van der Waals surface area (Å²) < 4.78 is 28.5. The lowest BCUT2D eigenvalue weighted by atomic mass is 10.1. The lowest BCUT2D eigenvalue weighted by molar-refractivity contribution is -0.121. The minimum atomic E-state index is -3.39. The van der Waals surface area contributed by atoms with Gasteiger partial charge in [-0.3, -0.25) is 4.79 Å². The van der Waals surface area contributed by atoms with Crippen LogP contribution in [0.15, 0.2) is 71.8 Å². The number of hydrogen-bond acceptors (Lipinski definition) is 4. The van der Waals surface area contributed by atoms with Gasteiger partial charge in [-0.2, -0.15) is 9.40 Å². The van der Waals surface area contributed by atoms with E-state index in [0.717, 1.165) is 29.8 Å². The molecule has 0 spiro atoms. The van der Waals surface area contributed by atoms with Crippen LogP contribution in [0.5, 0.6) is 0 Å².